The lowest BCUT2D eigenvalue weighted by Gasteiger charge is -2.32. The second kappa shape index (κ2) is 7.34. The maximum Gasteiger partial charge on any atom is 0.0617 e. The van der Waals surface area contributed by atoms with Crippen LogP contribution in [0.2, 0.25) is 0 Å². The largest absolute Gasteiger partial charge is 0.381 e. The lowest BCUT2D eigenvalue weighted by atomic mass is 9.78. The first-order valence-electron chi connectivity index (χ1n) is 7.01. The molecule has 1 fully saturated rings. The zero-order valence-corrected chi connectivity index (χ0v) is 11.9. The Hall–Kier alpha value is -0.120. The zero-order chi connectivity index (χ0) is 12.7. The predicted molar refractivity (Wildman–Crippen MR) is 71.3 cm³/mol. The summed E-state index contributed by atoms with van der Waals surface area (Å²) in [7, 11) is 0. The Morgan fingerprint density at radius 2 is 2.24 bits per heavy atom. The molecule has 0 radical (unpaired) electrons. The summed E-state index contributed by atoms with van der Waals surface area (Å²) in [4.78, 5) is 0. The Kier molecular flexibility index (Phi) is 6.45. The van der Waals surface area contributed by atoms with E-state index in [1.807, 2.05) is 0 Å². The molecule has 3 nitrogen and oxygen atoms in total. The van der Waals surface area contributed by atoms with Crippen molar-refractivity contribution in [1.82, 2.24) is 5.32 Å². The molecule has 2 unspecified atom stereocenters. The molecule has 1 N–H and O–H groups in total. The summed E-state index contributed by atoms with van der Waals surface area (Å²) in [6.45, 7) is 13.4. The van der Waals surface area contributed by atoms with Crippen LogP contribution in [0.15, 0.2) is 0 Å². The average molecular weight is 243 g/mol. The minimum Gasteiger partial charge on any atom is -0.381 e. The molecule has 0 aromatic heterocycles. The number of nitrogens with one attached hydrogen (secondary N) is 1. The molecule has 17 heavy (non-hydrogen) atoms. The predicted octanol–water partition coefficient (Wildman–Crippen LogP) is 2.45. The molecule has 1 rings (SSSR count). The third-order valence-corrected chi connectivity index (χ3v) is 3.75. The first-order chi connectivity index (χ1) is 8.10. The van der Waals surface area contributed by atoms with Crippen LogP contribution in [0, 0.1) is 11.3 Å². The first kappa shape index (κ1) is 14.9. The average Bonchev–Trinajstić information content (AvgIpc) is 2.64. The zero-order valence-electron chi connectivity index (χ0n) is 11.9. The highest BCUT2D eigenvalue weighted by Gasteiger charge is 2.40. The Labute approximate surface area is 106 Å². The molecule has 1 heterocycles. The molecular formula is C14H29NO2. The molecule has 0 spiro atoms. The van der Waals surface area contributed by atoms with Gasteiger partial charge in [-0.3, -0.25) is 0 Å². The van der Waals surface area contributed by atoms with Crippen LogP contribution in [0.3, 0.4) is 0 Å². The topological polar surface area (TPSA) is 30.5 Å². The van der Waals surface area contributed by atoms with E-state index >= 15 is 0 Å². The van der Waals surface area contributed by atoms with Crippen LogP contribution in [-0.2, 0) is 9.47 Å². The van der Waals surface area contributed by atoms with Crippen LogP contribution < -0.4 is 5.32 Å². The van der Waals surface area contributed by atoms with Gasteiger partial charge in [-0.25, -0.2) is 0 Å². The second-order valence-corrected chi connectivity index (χ2v) is 5.62. The molecule has 0 aromatic carbocycles. The van der Waals surface area contributed by atoms with E-state index in [0.29, 0.717) is 12.0 Å². The van der Waals surface area contributed by atoms with Gasteiger partial charge in [0.1, 0.15) is 0 Å². The number of rotatable bonds is 8. The fourth-order valence-electron chi connectivity index (χ4n) is 2.44. The molecule has 0 aliphatic carbocycles. The summed E-state index contributed by atoms with van der Waals surface area (Å²) in [6, 6.07) is 0. The van der Waals surface area contributed by atoms with Crippen molar-refractivity contribution < 1.29 is 9.47 Å². The van der Waals surface area contributed by atoms with Gasteiger partial charge in [0.2, 0.25) is 0 Å². The SMILES string of the molecule is CCNCC1(CCOCC(C)C)CCOC1C. The molecule has 2 atom stereocenters. The third-order valence-electron chi connectivity index (χ3n) is 3.75. The summed E-state index contributed by atoms with van der Waals surface area (Å²) >= 11 is 0. The molecule has 3 heteroatoms. The van der Waals surface area contributed by atoms with Crippen LogP contribution in [0.25, 0.3) is 0 Å². The number of ether oxygens (including phenoxy) is 2. The van der Waals surface area contributed by atoms with Gasteiger partial charge >= 0.3 is 0 Å². The van der Waals surface area contributed by atoms with Crippen molar-refractivity contribution in [2.45, 2.75) is 46.6 Å². The van der Waals surface area contributed by atoms with Gasteiger partial charge in [0, 0.05) is 31.8 Å². The van der Waals surface area contributed by atoms with Gasteiger partial charge in [0.15, 0.2) is 0 Å². The van der Waals surface area contributed by atoms with E-state index in [9.17, 15) is 0 Å². The molecular weight excluding hydrogens is 214 g/mol. The number of hydrogen-bond donors (Lipinski definition) is 1. The second-order valence-electron chi connectivity index (χ2n) is 5.62. The maximum atomic E-state index is 5.75. The quantitative estimate of drug-likeness (QED) is 0.664. The van der Waals surface area contributed by atoms with Crippen molar-refractivity contribution in [1.29, 1.82) is 0 Å². The molecule has 0 bridgehead atoms. The first-order valence-corrected chi connectivity index (χ1v) is 7.01. The number of hydrogen-bond acceptors (Lipinski definition) is 3. The highest BCUT2D eigenvalue weighted by atomic mass is 16.5. The smallest absolute Gasteiger partial charge is 0.0617 e. The third kappa shape index (κ3) is 4.57. The summed E-state index contributed by atoms with van der Waals surface area (Å²) < 4.78 is 11.5. The minimum absolute atomic E-state index is 0.285. The summed E-state index contributed by atoms with van der Waals surface area (Å²) in [6.07, 6.45) is 2.62. The fourth-order valence-corrected chi connectivity index (χ4v) is 2.44. The van der Waals surface area contributed by atoms with Crippen molar-refractivity contribution in [3.63, 3.8) is 0 Å². The van der Waals surface area contributed by atoms with Gasteiger partial charge in [-0.15, -0.1) is 0 Å². The van der Waals surface area contributed by atoms with Crippen molar-refractivity contribution in [3.05, 3.63) is 0 Å². The Bertz CT molecular complexity index is 208. The van der Waals surface area contributed by atoms with Gasteiger partial charge in [-0.2, -0.15) is 0 Å². The van der Waals surface area contributed by atoms with Crippen molar-refractivity contribution in [2.24, 2.45) is 11.3 Å². The normalized spacial score (nSPS) is 29.1. The summed E-state index contributed by atoms with van der Waals surface area (Å²) in [5, 5.41) is 3.48. The Morgan fingerprint density at radius 1 is 1.47 bits per heavy atom. The van der Waals surface area contributed by atoms with E-state index in [4.69, 9.17) is 9.47 Å². The van der Waals surface area contributed by atoms with Crippen molar-refractivity contribution in [2.75, 3.05) is 32.9 Å². The van der Waals surface area contributed by atoms with Crippen LogP contribution in [0.5, 0.6) is 0 Å². The fraction of sp³-hybridized carbons (Fsp3) is 1.00. The Balaban J connectivity index is 2.36. The molecule has 1 aliphatic rings. The maximum absolute atomic E-state index is 5.75. The van der Waals surface area contributed by atoms with Crippen molar-refractivity contribution >= 4 is 0 Å². The van der Waals surface area contributed by atoms with Crippen LogP contribution in [0.4, 0.5) is 0 Å². The van der Waals surface area contributed by atoms with Gasteiger partial charge in [-0.05, 0) is 32.2 Å². The molecule has 1 saturated heterocycles. The van der Waals surface area contributed by atoms with Crippen molar-refractivity contribution in [3.8, 4) is 0 Å². The van der Waals surface area contributed by atoms with E-state index in [2.05, 4.69) is 33.0 Å². The molecule has 0 aromatic rings. The molecule has 1 aliphatic heterocycles. The minimum atomic E-state index is 0.285. The van der Waals surface area contributed by atoms with Gasteiger partial charge in [-0.1, -0.05) is 20.8 Å². The van der Waals surface area contributed by atoms with Crippen LogP contribution in [0.1, 0.15) is 40.5 Å². The molecule has 0 saturated carbocycles. The highest BCUT2D eigenvalue weighted by Crippen LogP contribution is 2.37. The van der Waals surface area contributed by atoms with E-state index in [1.165, 1.54) is 0 Å². The molecule has 0 amide bonds. The monoisotopic (exact) mass is 243 g/mol. The lowest BCUT2D eigenvalue weighted by molar-refractivity contribution is 0.0283. The van der Waals surface area contributed by atoms with E-state index < -0.39 is 0 Å². The highest BCUT2D eigenvalue weighted by molar-refractivity contribution is 4.91. The standard InChI is InChI=1S/C14H29NO2/c1-5-15-11-14(7-9-17-13(14)4)6-8-16-10-12(2)3/h12-13,15H,5-11H2,1-4H3. The van der Waals surface area contributed by atoms with E-state index in [0.717, 1.165) is 45.8 Å². The van der Waals surface area contributed by atoms with E-state index in [-0.39, 0.29) is 5.41 Å². The summed E-state index contributed by atoms with van der Waals surface area (Å²) in [5.41, 5.74) is 0.285. The lowest BCUT2D eigenvalue weighted by Crippen LogP contribution is -2.40. The van der Waals surface area contributed by atoms with Crippen LogP contribution in [-0.4, -0.2) is 39.0 Å². The molecule has 102 valence electrons. The van der Waals surface area contributed by atoms with Crippen LogP contribution >= 0.6 is 0 Å². The van der Waals surface area contributed by atoms with E-state index in [1.54, 1.807) is 0 Å². The van der Waals surface area contributed by atoms with Gasteiger partial charge in [0.05, 0.1) is 6.10 Å². The Morgan fingerprint density at radius 3 is 2.76 bits per heavy atom. The van der Waals surface area contributed by atoms with Gasteiger partial charge in [0.25, 0.3) is 0 Å². The summed E-state index contributed by atoms with van der Waals surface area (Å²) in [5.74, 6) is 0.622. The van der Waals surface area contributed by atoms with Gasteiger partial charge < -0.3 is 14.8 Å².